The van der Waals surface area contributed by atoms with Crippen molar-refractivity contribution >= 4 is 57.4 Å². The average molecular weight is 1160 g/mol. The molecular formula is C50H75F4N5O17S2. The van der Waals surface area contributed by atoms with Crippen molar-refractivity contribution in [2.75, 3.05) is 165 Å². The van der Waals surface area contributed by atoms with Crippen LogP contribution < -0.4 is 15.8 Å². The van der Waals surface area contributed by atoms with Crippen molar-refractivity contribution in [3.8, 4) is 5.75 Å². The molecule has 78 heavy (non-hydrogen) atoms. The molecule has 0 unspecified atom stereocenters. The molecule has 3 N–H and O–H groups in total. The number of esters is 1. The van der Waals surface area contributed by atoms with E-state index in [1.54, 1.807) is 11.3 Å². The lowest BCUT2D eigenvalue weighted by molar-refractivity contribution is -0.180. The van der Waals surface area contributed by atoms with E-state index >= 15 is 0 Å². The van der Waals surface area contributed by atoms with Gasteiger partial charge in [0.1, 0.15) is 10.7 Å². The Morgan fingerprint density at radius 2 is 1.22 bits per heavy atom. The molecule has 0 bridgehead atoms. The van der Waals surface area contributed by atoms with Crippen LogP contribution in [-0.2, 0) is 83.8 Å². The number of halogens is 4. The number of thiophene rings is 1. The normalized spacial score (nSPS) is 14.8. The highest BCUT2D eigenvalue weighted by atomic mass is 32.2. The van der Waals surface area contributed by atoms with E-state index in [-0.39, 0.29) is 57.2 Å². The lowest BCUT2D eigenvalue weighted by Gasteiger charge is -2.31. The minimum Gasteiger partial charge on any atom is -0.420 e. The second kappa shape index (κ2) is 39.2. The maximum absolute atomic E-state index is 13.9. The zero-order valence-corrected chi connectivity index (χ0v) is 46.1. The molecular weight excluding hydrogens is 1080 g/mol. The third-order valence-electron chi connectivity index (χ3n) is 11.1. The molecule has 4 rings (SSSR count). The maximum atomic E-state index is 13.9. The lowest BCUT2D eigenvalue weighted by Crippen LogP contribution is -2.43. The van der Waals surface area contributed by atoms with Gasteiger partial charge in [-0.25, -0.2) is 27.3 Å². The molecule has 2 aromatic rings. The van der Waals surface area contributed by atoms with E-state index in [9.17, 15) is 40.4 Å². The fourth-order valence-corrected chi connectivity index (χ4v) is 9.10. The second-order valence-electron chi connectivity index (χ2n) is 17.1. The zero-order chi connectivity index (χ0) is 56.3. The fourth-order valence-electron chi connectivity index (χ4n) is 7.47. The van der Waals surface area contributed by atoms with Crippen LogP contribution in [0.25, 0.3) is 6.08 Å². The van der Waals surface area contributed by atoms with Crippen molar-refractivity contribution in [2.45, 2.75) is 57.4 Å². The first-order chi connectivity index (χ1) is 37.8. The van der Waals surface area contributed by atoms with Crippen molar-refractivity contribution < 1.29 is 97.3 Å². The number of rotatable bonds is 43. The van der Waals surface area contributed by atoms with Crippen LogP contribution in [0.5, 0.6) is 5.75 Å². The Morgan fingerprint density at radius 3 is 1.69 bits per heavy atom. The molecule has 28 heteroatoms. The van der Waals surface area contributed by atoms with Crippen LogP contribution in [0.2, 0.25) is 0 Å². The van der Waals surface area contributed by atoms with E-state index in [2.05, 4.69) is 19.9 Å². The van der Waals surface area contributed by atoms with Gasteiger partial charge in [0, 0.05) is 43.1 Å². The van der Waals surface area contributed by atoms with Gasteiger partial charge in [-0.1, -0.05) is 6.92 Å². The molecule has 3 heterocycles. The first-order valence-corrected chi connectivity index (χ1v) is 27.9. The summed E-state index contributed by atoms with van der Waals surface area (Å²) in [7, 11) is -3.98. The van der Waals surface area contributed by atoms with Crippen LogP contribution in [0.1, 0.15) is 55.7 Å². The number of nitrogens with one attached hydrogen (secondary N) is 1. The monoisotopic (exact) mass is 1160 g/mol. The molecule has 0 aliphatic carbocycles. The molecule has 1 fully saturated rings. The molecule has 2 amide bonds. The molecule has 1 atom stereocenters. The summed E-state index contributed by atoms with van der Waals surface area (Å²) >= 11 is 1.59. The van der Waals surface area contributed by atoms with Gasteiger partial charge in [0.25, 0.3) is 5.91 Å². The Bertz CT molecular complexity index is 2220. The summed E-state index contributed by atoms with van der Waals surface area (Å²) in [5, 5.41) is 4.41. The van der Waals surface area contributed by atoms with Gasteiger partial charge in [-0.05, 0) is 44.9 Å². The summed E-state index contributed by atoms with van der Waals surface area (Å²) in [4.78, 5) is 50.8. The van der Waals surface area contributed by atoms with Crippen molar-refractivity contribution in [2.24, 2.45) is 16.6 Å². The van der Waals surface area contributed by atoms with E-state index < -0.39 is 57.0 Å². The molecule has 1 aromatic carbocycles. The number of hydrogen-bond acceptors (Lipinski definition) is 21. The fraction of sp³-hybridized carbons (Fsp3) is 0.680. The van der Waals surface area contributed by atoms with Gasteiger partial charge in [0.05, 0.1) is 162 Å². The van der Waals surface area contributed by atoms with Gasteiger partial charge in [0.15, 0.2) is 22.3 Å². The number of hydrogen-bond donors (Lipinski definition) is 3. The van der Waals surface area contributed by atoms with E-state index in [1.165, 1.54) is 5.06 Å². The topological polar surface area (TPSA) is 253 Å². The van der Waals surface area contributed by atoms with E-state index in [1.807, 2.05) is 26.0 Å². The van der Waals surface area contributed by atoms with Crippen LogP contribution in [0.3, 0.4) is 0 Å². The standard InChI is InChI=1S/C50H75F4N5O17S2/c1-3-9-59(75-4-2)50(62)37-31-40-39(57-41(55)32-37)33-38(77-40)35-58-10-5-6-36(34-58)49(61)56-8-12-66-14-16-68-18-20-70-22-24-72-26-28-74-30-29-73-27-25-71-23-21-69-19-17-67-15-13-65-11-7-42(60)76-47-43(51)45(53)48(78(63)64)46(54)44(47)52/h31,33,36,78H,3-30,32,34-35H2,1-2H3,(H2,55,57)(H,56,61)/t36-/m1/s1. The Kier molecular flexibility index (Phi) is 33.3. The Morgan fingerprint density at radius 1 is 0.731 bits per heavy atom. The summed E-state index contributed by atoms with van der Waals surface area (Å²) in [6, 6.07) is 2.02. The number of nitrogens with two attached hydrogens (primary N) is 1. The number of fused-ring (bicyclic) bond motifs is 1. The van der Waals surface area contributed by atoms with Crippen LogP contribution in [0.15, 0.2) is 21.5 Å². The predicted octanol–water partition coefficient (Wildman–Crippen LogP) is 3.73. The number of carbonyl (C=O) groups is 3. The van der Waals surface area contributed by atoms with Crippen molar-refractivity contribution in [3.63, 3.8) is 0 Å². The number of piperidine rings is 1. The van der Waals surface area contributed by atoms with Gasteiger partial charge >= 0.3 is 5.97 Å². The van der Waals surface area contributed by atoms with Crippen LogP contribution >= 0.6 is 11.3 Å². The molecule has 1 aromatic heterocycles. The Labute approximate surface area is 457 Å². The number of carbonyl (C=O) groups excluding carboxylic acids is 3. The number of amides is 2. The first kappa shape index (κ1) is 66.2. The lowest BCUT2D eigenvalue weighted by atomic mass is 9.97. The highest BCUT2D eigenvalue weighted by molar-refractivity contribution is 7.72. The number of likely N-dealkylation sites (tertiary alicyclic amines) is 1. The van der Waals surface area contributed by atoms with Crippen LogP contribution in [-0.4, -0.2) is 207 Å². The van der Waals surface area contributed by atoms with E-state index in [0.29, 0.717) is 143 Å². The highest BCUT2D eigenvalue weighted by Crippen LogP contribution is 2.36. The SMILES string of the molecule is CCCN(OCC)C(=O)C1=Cc2sc(CN3CCC[C@@H](C(=O)NCCOCCOCCOCCOCCOCCOCCOCCOCCOCCOCCC(=O)Oc4c(F)c(F)c([SH](=O)=O)c(F)c4F)C3)cc2N=C(N)C1. The smallest absolute Gasteiger partial charge is 0.313 e. The molecule has 0 saturated carbocycles. The third-order valence-corrected chi connectivity index (χ3v) is 13.0. The van der Waals surface area contributed by atoms with Gasteiger partial charge in [0.2, 0.25) is 23.3 Å². The molecule has 2 aliphatic heterocycles. The number of ether oxygens (including phenoxy) is 11. The van der Waals surface area contributed by atoms with Crippen molar-refractivity contribution in [1.29, 1.82) is 0 Å². The number of amidine groups is 1. The number of benzene rings is 1. The summed E-state index contributed by atoms with van der Waals surface area (Å²) in [5.41, 5.74) is 7.53. The van der Waals surface area contributed by atoms with E-state index in [0.717, 1.165) is 41.2 Å². The minimum absolute atomic E-state index is 0.0217. The number of aliphatic imine (C=N–C) groups is 1. The zero-order valence-electron chi connectivity index (χ0n) is 44.4. The number of nitrogens with zero attached hydrogens (tertiary/aromatic N) is 3. The summed E-state index contributed by atoms with van der Waals surface area (Å²) in [5.74, 6) is -11.6. The Hall–Kier alpha value is -4.27. The molecule has 22 nitrogen and oxygen atoms in total. The molecule has 0 spiro atoms. The predicted molar refractivity (Wildman–Crippen MR) is 276 cm³/mol. The first-order valence-electron chi connectivity index (χ1n) is 25.9. The maximum Gasteiger partial charge on any atom is 0.313 e. The van der Waals surface area contributed by atoms with Gasteiger partial charge in [-0.15, -0.1) is 11.3 Å². The molecule has 0 radical (unpaired) electrons. The Balaban J connectivity index is 0.850. The van der Waals surface area contributed by atoms with Crippen molar-refractivity contribution in [3.05, 3.63) is 44.7 Å². The van der Waals surface area contributed by atoms with Gasteiger partial charge in [-0.2, -0.15) is 8.78 Å². The summed E-state index contributed by atoms with van der Waals surface area (Å²) in [6.45, 7) is 13.8. The van der Waals surface area contributed by atoms with Crippen LogP contribution in [0.4, 0.5) is 23.2 Å². The quantitative estimate of drug-likeness (QED) is 0.0163. The second-order valence-corrected chi connectivity index (χ2v) is 19.3. The van der Waals surface area contributed by atoms with E-state index in [4.69, 9.17) is 57.9 Å². The minimum atomic E-state index is -3.98. The molecule has 442 valence electrons. The van der Waals surface area contributed by atoms with Crippen LogP contribution in [0, 0.1) is 29.2 Å². The largest absolute Gasteiger partial charge is 0.420 e. The summed E-state index contributed by atoms with van der Waals surface area (Å²) in [6.07, 6.45) is 4.13. The summed E-state index contributed by atoms with van der Waals surface area (Å²) < 4.78 is 136. The van der Waals surface area contributed by atoms with Gasteiger partial charge < -0.3 is 63.2 Å². The molecule has 1 saturated heterocycles. The third kappa shape index (κ3) is 25.0. The number of hydroxylamine groups is 2. The highest BCUT2D eigenvalue weighted by Gasteiger charge is 2.30. The van der Waals surface area contributed by atoms with Crippen molar-refractivity contribution in [1.82, 2.24) is 15.3 Å². The number of thiol groups is 1. The van der Waals surface area contributed by atoms with Gasteiger partial charge in [-0.3, -0.25) is 24.1 Å². The average Bonchev–Trinajstić information content (AvgIpc) is 3.74. The molecule has 2 aliphatic rings.